The van der Waals surface area contributed by atoms with Crippen LogP contribution in [0.2, 0.25) is 0 Å². The molecule has 2 atom stereocenters. The van der Waals surface area contributed by atoms with Gasteiger partial charge in [0.25, 0.3) is 17.7 Å². The first kappa shape index (κ1) is 27.6. The number of nitrogens with one attached hydrogen (secondary N) is 1. The number of rotatable bonds is 4. The molecule has 40 heavy (non-hydrogen) atoms. The SMILES string of the molecule is CN1Cc2ccc(N3CCO[C@H]([C@@H](O)C(=O)Nc4ccc5c(c4)CCN(C(=O)OC(C)(C)C)C5)C3=O)cc2C1=O. The van der Waals surface area contributed by atoms with Gasteiger partial charge in [-0.2, -0.15) is 0 Å². The minimum absolute atomic E-state index is 0.115. The second kappa shape index (κ2) is 10.5. The summed E-state index contributed by atoms with van der Waals surface area (Å²) in [5.74, 6) is -1.44. The minimum Gasteiger partial charge on any atom is -0.444 e. The number of fused-ring (bicyclic) bond motifs is 2. The molecule has 3 heterocycles. The van der Waals surface area contributed by atoms with Gasteiger partial charge in [-0.3, -0.25) is 14.4 Å². The van der Waals surface area contributed by atoms with Gasteiger partial charge in [0, 0.05) is 50.2 Å². The Labute approximate surface area is 232 Å². The predicted octanol–water partition coefficient (Wildman–Crippen LogP) is 2.30. The lowest BCUT2D eigenvalue weighted by molar-refractivity contribution is -0.150. The molecule has 0 aliphatic carbocycles. The normalized spacial score (nSPS) is 19.7. The fraction of sp³-hybridized carbons (Fsp3) is 0.448. The Morgan fingerprint density at radius 2 is 1.80 bits per heavy atom. The molecule has 2 aromatic rings. The molecule has 2 aromatic carbocycles. The first-order valence-corrected chi connectivity index (χ1v) is 13.3. The van der Waals surface area contributed by atoms with Gasteiger partial charge in [-0.1, -0.05) is 12.1 Å². The Morgan fingerprint density at radius 1 is 1.05 bits per heavy atom. The molecule has 11 heteroatoms. The molecule has 11 nitrogen and oxygen atoms in total. The smallest absolute Gasteiger partial charge is 0.410 e. The number of morpholine rings is 1. The van der Waals surface area contributed by atoms with E-state index < -0.39 is 29.6 Å². The number of aliphatic hydroxyl groups excluding tert-OH is 1. The summed E-state index contributed by atoms with van der Waals surface area (Å²) < 4.78 is 11.0. The Balaban J connectivity index is 1.23. The number of aliphatic hydroxyl groups is 1. The summed E-state index contributed by atoms with van der Waals surface area (Å²) in [4.78, 5) is 55.7. The predicted molar refractivity (Wildman–Crippen MR) is 146 cm³/mol. The van der Waals surface area contributed by atoms with Crippen molar-refractivity contribution in [3.63, 3.8) is 0 Å². The van der Waals surface area contributed by atoms with Crippen LogP contribution < -0.4 is 10.2 Å². The number of carbonyl (C=O) groups is 4. The van der Waals surface area contributed by atoms with Crippen molar-refractivity contribution < 1.29 is 33.8 Å². The molecular weight excluding hydrogens is 516 g/mol. The highest BCUT2D eigenvalue weighted by molar-refractivity contribution is 6.05. The van der Waals surface area contributed by atoms with Crippen molar-refractivity contribution in [2.24, 2.45) is 0 Å². The van der Waals surface area contributed by atoms with Gasteiger partial charge in [-0.05, 0) is 68.1 Å². The molecule has 0 aromatic heterocycles. The number of amides is 4. The van der Waals surface area contributed by atoms with E-state index in [0.717, 1.165) is 16.7 Å². The monoisotopic (exact) mass is 550 g/mol. The lowest BCUT2D eigenvalue weighted by Crippen LogP contribution is -2.55. The molecule has 212 valence electrons. The molecule has 4 amide bonds. The van der Waals surface area contributed by atoms with Crippen molar-refractivity contribution >= 4 is 35.2 Å². The van der Waals surface area contributed by atoms with E-state index >= 15 is 0 Å². The van der Waals surface area contributed by atoms with Crippen LogP contribution in [0.4, 0.5) is 16.2 Å². The Kier molecular flexibility index (Phi) is 7.28. The van der Waals surface area contributed by atoms with Crippen molar-refractivity contribution in [1.82, 2.24) is 9.80 Å². The number of carbonyl (C=O) groups excluding carboxylic acids is 4. The van der Waals surface area contributed by atoms with Crippen molar-refractivity contribution in [3.05, 3.63) is 58.7 Å². The highest BCUT2D eigenvalue weighted by Gasteiger charge is 2.40. The van der Waals surface area contributed by atoms with Gasteiger partial charge in [-0.15, -0.1) is 0 Å². The molecule has 0 saturated carbocycles. The first-order chi connectivity index (χ1) is 18.9. The lowest BCUT2D eigenvalue weighted by Gasteiger charge is -2.34. The summed E-state index contributed by atoms with van der Waals surface area (Å²) in [6.07, 6.45) is -2.92. The van der Waals surface area contributed by atoms with Crippen LogP contribution in [-0.2, 0) is 38.6 Å². The molecular formula is C29H34N4O7. The largest absolute Gasteiger partial charge is 0.444 e. The zero-order valence-electron chi connectivity index (χ0n) is 23.1. The van der Waals surface area contributed by atoms with E-state index in [4.69, 9.17) is 9.47 Å². The maximum atomic E-state index is 13.3. The number of nitrogens with zero attached hydrogens (tertiary/aromatic N) is 3. The highest BCUT2D eigenvalue weighted by Crippen LogP contribution is 2.29. The first-order valence-electron chi connectivity index (χ1n) is 13.3. The third-order valence-electron chi connectivity index (χ3n) is 7.20. The van der Waals surface area contributed by atoms with Crippen molar-refractivity contribution in [3.8, 4) is 0 Å². The molecule has 5 rings (SSSR count). The Bertz CT molecular complexity index is 1370. The van der Waals surface area contributed by atoms with Gasteiger partial charge in [0.1, 0.15) is 5.60 Å². The average Bonchev–Trinajstić information content (AvgIpc) is 3.19. The Morgan fingerprint density at radius 3 is 2.55 bits per heavy atom. The summed E-state index contributed by atoms with van der Waals surface area (Å²) in [5.41, 5.74) is 3.74. The average molecular weight is 551 g/mol. The standard InChI is InChI=1S/C29H34N4O7/c1-29(2,3)40-28(38)32-10-9-17-13-20(7-5-18(17)16-32)30-25(35)23(34)24-27(37)33(11-12-39-24)21-8-6-19-15-31(4)26(36)22(19)14-21/h5-8,13-14,23-24,34H,9-12,15-16H2,1-4H3,(H,30,35)/t23-,24-/m1/s1. The van der Waals surface area contributed by atoms with Crippen molar-refractivity contribution in [2.45, 2.75) is 58.1 Å². The Hall–Kier alpha value is -3.96. The van der Waals surface area contributed by atoms with E-state index in [1.54, 1.807) is 41.1 Å². The van der Waals surface area contributed by atoms with Crippen LogP contribution in [0.25, 0.3) is 0 Å². The molecule has 3 aliphatic heterocycles. The molecule has 1 fully saturated rings. The van der Waals surface area contributed by atoms with Crippen LogP contribution in [0.3, 0.4) is 0 Å². The maximum absolute atomic E-state index is 13.3. The van der Waals surface area contributed by atoms with Crippen LogP contribution in [0, 0.1) is 0 Å². The van der Waals surface area contributed by atoms with Crippen LogP contribution in [-0.4, -0.2) is 83.3 Å². The van der Waals surface area contributed by atoms with Crippen molar-refractivity contribution in [1.29, 1.82) is 0 Å². The van der Waals surface area contributed by atoms with E-state index in [2.05, 4.69) is 5.32 Å². The summed E-state index contributed by atoms with van der Waals surface area (Å²) in [6, 6.07) is 10.6. The molecule has 0 bridgehead atoms. The van der Waals surface area contributed by atoms with Gasteiger partial charge in [-0.25, -0.2) is 4.79 Å². The summed E-state index contributed by atoms with van der Waals surface area (Å²) in [6.45, 7) is 7.21. The van der Waals surface area contributed by atoms with Gasteiger partial charge in [0.05, 0.1) is 6.61 Å². The van der Waals surface area contributed by atoms with Gasteiger partial charge >= 0.3 is 6.09 Å². The van der Waals surface area contributed by atoms with E-state index in [1.807, 2.05) is 32.9 Å². The lowest BCUT2D eigenvalue weighted by atomic mass is 9.99. The van der Waals surface area contributed by atoms with E-state index in [-0.39, 0.29) is 25.2 Å². The van der Waals surface area contributed by atoms with Crippen molar-refractivity contribution in [2.75, 3.05) is 37.0 Å². The quantitative estimate of drug-likeness (QED) is 0.598. The molecule has 3 aliphatic rings. The van der Waals surface area contributed by atoms with E-state index in [1.165, 1.54) is 4.90 Å². The minimum atomic E-state index is -1.74. The summed E-state index contributed by atoms with van der Waals surface area (Å²) >= 11 is 0. The zero-order chi connectivity index (χ0) is 28.8. The topological polar surface area (TPSA) is 129 Å². The number of anilines is 2. The second-order valence-electron chi connectivity index (χ2n) is 11.4. The fourth-order valence-electron chi connectivity index (χ4n) is 5.16. The number of hydrogen-bond acceptors (Lipinski definition) is 7. The molecule has 2 N–H and O–H groups in total. The van der Waals surface area contributed by atoms with Crippen LogP contribution in [0.5, 0.6) is 0 Å². The number of benzene rings is 2. The van der Waals surface area contributed by atoms with Gasteiger partial charge < -0.3 is 34.6 Å². The third kappa shape index (κ3) is 5.52. The molecule has 0 spiro atoms. The van der Waals surface area contributed by atoms with Crippen LogP contribution >= 0.6 is 0 Å². The summed E-state index contributed by atoms with van der Waals surface area (Å²) in [7, 11) is 1.72. The van der Waals surface area contributed by atoms with E-state index in [9.17, 15) is 24.3 Å². The van der Waals surface area contributed by atoms with Gasteiger partial charge in [0.15, 0.2) is 12.2 Å². The number of hydrogen-bond donors (Lipinski definition) is 2. The summed E-state index contributed by atoms with van der Waals surface area (Å²) in [5, 5.41) is 13.5. The molecule has 0 unspecified atom stereocenters. The number of ether oxygens (including phenoxy) is 2. The zero-order valence-corrected chi connectivity index (χ0v) is 23.1. The molecule has 0 radical (unpaired) electrons. The van der Waals surface area contributed by atoms with Gasteiger partial charge in [0.2, 0.25) is 0 Å². The maximum Gasteiger partial charge on any atom is 0.410 e. The van der Waals surface area contributed by atoms with Crippen LogP contribution in [0.15, 0.2) is 36.4 Å². The second-order valence-corrected chi connectivity index (χ2v) is 11.4. The molecule has 1 saturated heterocycles. The van der Waals surface area contributed by atoms with Crippen LogP contribution in [0.1, 0.15) is 47.8 Å². The van der Waals surface area contributed by atoms with E-state index in [0.29, 0.717) is 43.0 Å². The fourth-order valence-corrected chi connectivity index (χ4v) is 5.16. The highest BCUT2D eigenvalue weighted by atomic mass is 16.6. The third-order valence-corrected chi connectivity index (χ3v) is 7.20.